The summed E-state index contributed by atoms with van der Waals surface area (Å²) in [6, 6.07) is 4.05. The second-order valence-electron chi connectivity index (χ2n) is 4.13. The lowest BCUT2D eigenvalue weighted by molar-refractivity contribution is -0.116. The minimum atomic E-state index is -0.539. The monoisotopic (exact) mass is 303 g/mol. The van der Waals surface area contributed by atoms with E-state index in [1.165, 1.54) is 25.1 Å². The highest BCUT2D eigenvalue weighted by atomic mass is 35.5. The normalized spacial score (nSPS) is 9.55. The van der Waals surface area contributed by atoms with Crippen molar-refractivity contribution in [1.82, 2.24) is 5.32 Å². The number of amides is 2. The van der Waals surface area contributed by atoms with Gasteiger partial charge in [-0.15, -0.1) is 12.4 Å². The van der Waals surface area contributed by atoms with Crippen LogP contribution in [0.25, 0.3) is 0 Å². The number of rotatable bonds is 6. The number of hydrogen-bond acceptors (Lipinski definition) is 3. The molecule has 0 bridgehead atoms. The molecule has 0 heterocycles. The third kappa shape index (κ3) is 6.49. The molecule has 0 aliphatic heterocycles. The third-order valence-electron chi connectivity index (χ3n) is 2.39. The smallest absolute Gasteiger partial charge is 0.224 e. The quantitative estimate of drug-likeness (QED) is 0.705. The van der Waals surface area contributed by atoms with E-state index in [9.17, 15) is 14.0 Å². The lowest BCUT2D eigenvalue weighted by Gasteiger charge is -2.09. The maximum atomic E-state index is 13.4. The Balaban J connectivity index is 0.00000361. The number of halogens is 2. The van der Waals surface area contributed by atoms with Crippen molar-refractivity contribution in [3.05, 3.63) is 24.0 Å². The maximum absolute atomic E-state index is 13.4. The number of nitrogens with one attached hydrogen (secondary N) is 3. The van der Waals surface area contributed by atoms with Gasteiger partial charge in [-0.1, -0.05) is 0 Å². The molecule has 7 heteroatoms. The van der Waals surface area contributed by atoms with Crippen LogP contribution in [0, 0.1) is 5.82 Å². The van der Waals surface area contributed by atoms with Crippen LogP contribution >= 0.6 is 12.4 Å². The van der Waals surface area contributed by atoms with E-state index < -0.39 is 5.82 Å². The van der Waals surface area contributed by atoms with Gasteiger partial charge in [0.1, 0.15) is 5.82 Å². The molecule has 0 aliphatic rings. The molecule has 1 aromatic carbocycles. The molecule has 0 atom stereocenters. The summed E-state index contributed by atoms with van der Waals surface area (Å²) < 4.78 is 13.4. The van der Waals surface area contributed by atoms with E-state index >= 15 is 0 Å². The zero-order chi connectivity index (χ0) is 14.3. The van der Waals surface area contributed by atoms with Crippen molar-refractivity contribution in [3.63, 3.8) is 0 Å². The lowest BCUT2D eigenvalue weighted by Crippen LogP contribution is -2.15. The fourth-order valence-corrected chi connectivity index (χ4v) is 1.54. The summed E-state index contributed by atoms with van der Waals surface area (Å²) in [6.07, 6.45) is 1.11. The van der Waals surface area contributed by atoms with Gasteiger partial charge < -0.3 is 16.0 Å². The van der Waals surface area contributed by atoms with Crippen molar-refractivity contribution in [2.24, 2.45) is 0 Å². The third-order valence-corrected chi connectivity index (χ3v) is 2.39. The Morgan fingerprint density at radius 3 is 2.55 bits per heavy atom. The standard InChI is InChI=1S/C13H18FN3O2.ClH/c1-9(18)16-12-8-10(5-6-11(12)14)17-13(19)4-3-7-15-2;/h5-6,8,15H,3-4,7H2,1-2H3,(H,16,18)(H,17,19);1H. The van der Waals surface area contributed by atoms with Gasteiger partial charge in [0.15, 0.2) is 0 Å². The van der Waals surface area contributed by atoms with Crippen LogP contribution in [0.3, 0.4) is 0 Å². The van der Waals surface area contributed by atoms with E-state index in [0.29, 0.717) is 12.1 Å². The molecule has 1 aromatic rings. The zero-order valence-electron chi connectivity index (χ0n) is 11.5. The second-order valence-corrected chi connectivity index (χ2v) is 4.13. The highest BCUT2D eigenvalue weighted by Crippen LogP contribution is 2.19. The van der Waals surface area contributed by atoms with Crippen molar-refractivity contribution in [2.45, 2.75) is 19.8 Å². The largest absolute Gasteiger partial charge is 0.326 e. The highest BCUT2D eigenvalue weighted by Gasteiger charge is 2.07. The highest BCUT2D eigenvalue weighted by molar-refractivity contribution is 5.93. The lowest BCUT2D eigenvalue weighted by atomic mass is 10.2. The summed E-state index contributed by atoms with van der Waals surface area (Å²) in [4.78, 5) is 22.5. The van der Waals surface area contributed by atoms with E-state index in [4.69, 9.17) is 0 Å². The summed E-state index contributed by atoms with van der Waals surface area (Å²) in [5, 5.41) is 7.97. The first-order valence-electron chi connectivity index (χ1n) is 6.04. The average Bonchev–Trinajstić information content (AvgIpc) is 2.33. The van der Waals surface area contributed by atoms with Crippen molar-refractivity contribution >= 4 is 35.6 Å². The van der Waals surface area contributed by atoms with Gasteiger partial charge >= 0.3 is 0 Å². The molecule has 0 aliphatic carbocycles. The van der Waals surface area contributed by atoms with Crippen LogP contribution in [-0.2, 0) is 9.59 Å². The summed E-state index contributed by atoms with van der Waals surface area (Å²) in [6.45, 7) is 2.05. The minimum Gasteiger partial charge on any atom is -0.326 e. The molecule has 112 valence electrons. The molecular weight excluding hydrogens is 285 g/mol. The first-order chi connectivity index (χ1) is 9.02. The van der Waals surface area contributed by atoms with Crippen molar-refractivity contribution in [3.8, 4) is 0 Å². The Labute approximate surface area is 123 Å². The van der Waals surface area contributed by atoms with Crippen LogP contribution in [0.15, 0.2) is 18.2 Å². The van der Waals surface area contributed by atoms with E-state index in [1.54, 1.807) is 0 Å². The molecule has 0 saturated heterocycles. The fourth-order valence-electron chi connectivity index (χ4n) is 1.54. The van der Waals surface area contributed by atoms with Crippen molar-refractivity contribution in [2.75, 3.05) is 24.2 Å². The maximum Gasteiger partial charge on any atom is 0.224 e. The first kappa shape index (κ1) is 18.3. The van der Waals surface area contributed by atoms with Gasteiger partial charge in [0.05, 0.1) is 5.69 Å². The fraction of sp³-hybridized carbons (Fsp3) is 0.385. The van der Waals surface area contributed by atoms with E-state index in [1.807, 2.05) is 7.05 Å². The SMILES string of the molecule is CNCCCC(=O)Nc1ccc(F)c(NC(C)=O)c1.Cl. The summed E-state index contributed by atoms with van der Waals surface area (Å²) in [5.41, 5.74) is 0.514. The summed E-state index contributed by atoms with van der Waals surface area (Å²) >= 11 is 0. The van der Waals surface area contributed by atoms with E-state index in [0.717, 1.165) is 13.0 Å². The van der Waals surface area contributed by atoms with Crippen molar-refractivity contribution in [1.29, 1.82) is 0 Å². The molecule has 0 saturated carbocycles. The molecule has 0 aromatic heterocycles. The Morgan fingerprint density at radius 2 is 1.95 bits per heavy atom. The first-order valence-corrected chi connectivity index (χ1v) is 6.04. The van der Waals surface area contributed by atoms with Crippen LogP contribution in [0.4, 0.5) is 15.8 Å². The Morgan fingerprint density at radius 1 is 1.25 bits per heavy atom. The predicted molar refractivity (Wildman–Crippen MR) is 79.7 cm³/mol. The van der Waals surface area contributed by atoms with Gasteiger partial charge in [0.2, 0.25) is 11.8 Å². The van der Waals surface area contributed by atoms with Crippen LogP contribution in [-0.4, -0.2) is 25.4 Å². The molecule has 2 amide bonds. The number of anilines is 2. The van der Waals surface area contributed by atoms with Crippen LogP contribution < -0.4 is 16.0 Å². The molecule has 5 nitrogen and oxygen atoms in total. The number of carbonyl (C=O) groups excluding carboxylic acids is 2. The molecule has 20 heavy (non-hydrogen) atoms. The predicted octanol–water partition coefficient (Wildman–Crippen LogP) is 2.14. The summed E-state index contributed by atoms with van der Waals surface area (Å²) in [5.74, 6) is -1.05. The molecule has 3 N–H and O–H groups in total. The topological polar surface area (TPSA) is 70.2 Å². The van der Waals surface area contributed by atoms with Crippen LogP contribution in [0.5, 0.6) is 0 Å². The average molecular weight is 304 g/mol. The van der Waals surface area contributed by atoms with E-state index in [2.05, 4.69) is 16.0 Å². The Bertz CT molecular complexity index is 469. The number of benzene rings is 1. The molecule has 0 spiro atoms. The van der Waals surface area contributed by atoms with Gasteiger partial charge in [-0.2, -0.15) is 0 Å². The molecular formula is C13H19ClFN3O2. The number of hydrogen-bond donors (Lipinski definition) is 3. The van der Waals surface area contributed by atoms with Gasteiger partial charge in [0, 0.05) is 19.0 Å². The number of carbonyl (C=O) groups is 2. The Kier molecular flexibility index (Phi) is 8.51. The molecule has 0 unspecified atom stereocenters. The van der Waals surface area contributed by atoms with Gasteiger partial charge in [-0.05, 0) is 38.2 Å². The van der Waals surface area contributed by atoms with Crippen LogP contribution in [0.2, 0.25) is 0 Å². The minimum absolute atomic E-state index is 0. The molecule has 0 radical (unpaired) electrons. The zero-order valence-corrected chi connectivity index (χ0v) is 12.3. The molecule has 1 rings (SSSR count). The van der Waals surface area contributed by atoms with Crippen molar-refractivity contribution < 1.29 is 14.0 Å². The van der Waals surface area contributed by atoms with Crippen LogP contribution in [0.1, 0.15) is 19.8 Å². The van der Waals surface area contributed by atoms with Gasteiger partial charge in [-0.25, -0.2) is 4.39 Å². The van der Waals surface area contributed by atoms with Gasteiger partial charge in [0.25, 0.3) is 0 Å². The Hall–Kier alpha value is -1.66. The van der Waals surface area contributed by atoms with E-state index in [-0.39, 0.29) is 29.9 Å². The molecule has 0 fully saturated rings. The second kappa shape index (κ2) is 9.28. The van der Waals surface area contributed by atoms with Gasteiger partial charge in [-0.3, -0.25) is 9.59 Å². The summed E-state index contributed by atoms with van der Waals surface area (Å²) in [7, 11) is 1.82.